The van der Waals surface area contributed by atoms with Gasteiger partial charge in [-0.1, -0.05) is 5.16 Å². The second kappa shape index (κ2) is 3.46. The maximum Gasteiger partial charge on any atom is 0.231 e. The first kappa shape index (κ1) is 8.69. The summed E-state index contributed by atoms with van der Waals surface area (Å²) in [5.41, 5.74) is 0. The van der Waals surface area contributed by atoms with Crippen LogP contribution in [0.25, 0.3) is 0 Å². The molecule has 0 radical (unpaired) electrons. The first-order valence-corrected chi connectivity index (χ1v) is 4.74. The summed E-state index contributed by atoms with van der Waals surface area (Å²) in [4.78, 5) is 6.58. The van der Waals surface area contributed by atoms with Crippen LogP contribution >= 0.6 is 0 Å². The number of aryl methyl sites for hydroxylation is 1. The molecule has 1 saturated heterocycles. The zero-order valence-corrected chi connectivity index (χ0v) is 8.16. The predicted octanol–water partition coefficient (Wildman–Crippen LogP) is 1.19. The number of hydrogen-bond donors (Lipinski definition) is 0. The van der Waals surface area contributed by atoms with E-state index in [9.17, 15) is 0 Å². The second-order valence-electron chi connectivity index (χ2n) is 3.78. The van der Waals surface area contributed by atoms with E-state index in [1.54, 1.807) is 0 Å². The molecule has 13 heavy (non-hydrogen) atoms. The molecule has 0 aliphatic carbocycles. The fraction of sp³-hybridized carbons (Fsp3) is 0.778. The number of nitrogens with zero attached hydrogens (tertiary/aromatic N) is 3. The van der Waals surface area contributed by atoms with E-state index in [-0.39, 0.29) is 0 Å². The lowest BCUT2D eigenvalue weighted by Gasteiger charge is -2.27. The van der Waals surface area contributed by atoms with Crippen molar-refractivity contribution in [2.75, 3.05) is 20.1 Å². The predicted molar refractivity (Wildman–Crippen MR) is 48.5 cm³/mol. The molecule has 2 rings (SSSR count). The molecule has 1 aliphatic rings. The van der Waals surface area contributed by atoms with Crippen molar-refractivity contribution in [1.82, 2.24) is 15.0 Å². The Morgan fingerprint density at radius 2 is 2.38 bits per heavy atom. The average molecular weight is 181 g/mol. The zero-order chi connectivity index (χ0) is 9.26. The monoisotopic (exact) mass is 181 g/mol. The van der Waals surface area contributed by atoms with Gasteiger partial charge in [0.15, 0.2) is 5.82 Å². The first-order chi connectivity index (χ1) is 6.25. The van der Waals surface area contributed by atoms with Crippen LogP contribution in [0.4, 0.5) is 0 Å². The van der Waals surface area contributed by atoms with E-state index in [2.05, 4.69) is 22.1 Å². The number of hydrogen-bond acceptors (Lipinski definition) is 4. The van der Waals surface area contributed by atoms with Gasteiger partial charge in [0.1, 0.15) is 0 Å². The molecule has 0 bridgehead atoms. The van der Waals surface area contributed by atoms with E-state index >= 15 is 0 Å². The van der Waals surface area contributed by atoms with Crippen molar-refractivity contribution in [2.24, 2.45) is 0 Å². The van der Waals surface area contributed by atoms with Crippen LogP contribution in [0.1, 0.15) is 30.5 Å². The van der Waals surface area contributed by atoms with E-state index in [1.807, 2.05) is 6.92 Å². The van der Waals surface area contributed by atoms with Gasteiger partial charge in [-0.2, -0.15) is 4.98 Å². The largest absolute Gasteiger partial charge is 0.339 e. The van der Waals surface area contributed by atoms with E-state index in [1.165, 1.54) is 19.4 Å². The smallest absolute Gasteiger partial charge is 0.231 e. The van der Waals surface area contributed by atoms with Crippen LogP contribution in [0.15, 0.2) is 4.52 Å². The number of piperidine rings is 1. The van der Waals surface area contributed by atoms with Crippen LogP contribution in [0, 0.1) is 6.92 Å². The van der Waals surface area contributed by atoms with Gasteiger partial charge in [0.2, 0.25) is 5.89 Å². The molecule has 0 amide bonds. The number of likely N-dealkylation sites (N-methyl/N-ethyl adjacent to an activating group) is 1. The molecule has 4 heteroatoms. The summed E-state index contributed by atoms with van der Waals surface area (Å²) in [7, 11) is 2.13. The quantitative estimate of drug-likeness (QED) is 0.652. The van der Waals surface area contributed by atoms with Crippen LogP contribution in [0.2, 0.25) is 0 Å². The fourth-order valence-electron chi connectivity index (χ4n) is 1.85. The minimum absolute atomic E-state index is 0.444. The molecule has 0 saturated carbocycles. The summed E-state index contributed by atoms with van der Waals surface area (Å²) >= 11 is 0. The highest BCUT2D eigenvalue weighted by Crippen LogP contribution is 2.24. The van der Waals surface area contributed by atoms with Crippen LogP contribution in [-0.2, 0) is 0 Å². The number of aromatic nitrogens is 2. The summed E-state index contributed by atoms with van der Waals surface area (Å²) in [6.45, 7) is 4.09. The molecule has 0 spiro atoms. The van der Waals surface area contributed by atoms with Gasteiger partial charge in [0.05, 0.1) is 5.92 Å². The molecule has 1 aromatic rings. The van der Waals surface area contributed by atoms with Gasteiger partial charge >= 0.3 is 0 Å². The molecule has 4 nitrogen and oxygen atoms in total. The summed E-state index contributed by atoms with van der Waals surface area (Å²) in [6.07, 6.45) is 2.40. The van der Waals surface area contributed by atoms with Crippen LogP contribution in [0.5, 0.6) is 0 Å². The number of rotatable bonds is 1. The van der Waals surface area contributed by atoms with Crippen molar-refractivity contribution >= 4 is 0 Å². The molecule has 1 atom stereocenters. The lowest BCUT2D eigenvalue weighted by atomic mass is 9.99. The SMILES string of the molecule is Cc1noc([C@@H]2CCCN(C)C2)n1. The Labute approximate surface area is 77.9 Å². The lowest BCUT2D eigenvalue weighted by Crippen LogP contribution is -2.30. The molecule has 72 valence electrons. The minimum Gasteiger partial charge on any atom is -0.339 e. The van der Waals surface area contributed by atoms with Crippen molar-refractivity contribution in [3.05, 3.63) is 11.7 Å². The summed E-state index contributed by atoms with van der Waals surface area (Å²) in [5.74, 6) is 1.99. The summed E-state index contributed by atoms with van der Waals surface area (Å²) in [6, 6.07) is 0. The lowest BCUT2D eigenvalue weighted by molar-refractivity contribution is 0.220. The third-order valence-corrected chi connectivity index (χ3v) is 2.52. The highest BCUT2D eigenvalue weighted by atomic mass is 16.5. The van der Waals surface area contributed by atoms with E-state index in [0.717, 1.165) is 18.3 Å². The normalized spacial score (nSPS) is 24.9. The molecule has 0 N–H and O–H groups in total. The van der Waals surface area contributed by atoms with Gasteiger partial charge in [-0.15, -0.1) is 0 Å². The molecule has 2 heterocycles. The van der Waals surface area contributed by atoms with Crippen LogP contribution < -0.4 is 0 Å². The highest BCUT2D eigenvalue weighted by Gasteiger charge is 2.23. The Morgan fingerprint density at radius 1 is 1.54 bits per heavy atom. The van der Waals surface area contributed by atoms with Crippen molar-refractivity contribution < 1.29 is 4.52 Å². The molecular weight excluding hydrogens is 166 g/mol. The minimum atomic E-state index is 0.444. The van der Waals surface area contributed by atoms with Gasteiger partial charge in [0, 0.05) is 6.54 Å². The third-order valence-electron chi connectivity index (χ3n) is 2.52. The Hall–Kier alpha value is -0.900. The van der Waals surface area contributed by atoms with Gasteiger partial charge in [-0.25, -0.2) is 0 Å². The Morgan fingerprint density at radius 3 is 3.00 bits per heavy atom. The van der Waals surface area contributed by atoms with E-state index in [0.29, 0.717) is 5.92 Å². The molecule has 0 unspecified atom stereocenters. The van der Waals surface area contributed by atoms with Gasteiger partial charge in [0.25, 0.3) is 0 Å². The first-order valence-electron chi connectivity index (χ1n) is 4.74. The number of likely N-dealkylation sites (tertiary alicyclic amines) is 1. The Kier molecular flexibility index (Phi) is 2.31. The molecule has 1 aliphatic heterocycles. The van der Waals surface area contributed by atoms with Crippen LogP contribution in [0.3, 0.4) is 0 Å². The average Bonchev–Trinajstić information content (AvgIpc) is 2.52. The Bertz CT molecular complexity index is 284. The maximum atomic E-state index is 5.16. The van der Waals surface area contributed by atoms with Crippen molar-refractivity contribution in [3.8, 4) is 0 Å². The van der Waals surface area contributed by atoms with Crippen molar-refractivity contribution in [1.29, 1.82) is 0 Å². The van der Waals surface area contributed by atoms with E-state index in [4.69, 9.17) is 4.52 Å². The fourth-order valence-corrected chi connectivity index (χ4v) is 1.85. The second-order valence-corrected chi connectivity index (χ2v) is 3.78. The topological polar surface area (TPSA) is 42.2 Å². The maximum absolute atomic E-state index is 5.16. The van der Waals surface area contributed by atoms with E-state index < -0.39 is 0 Å². The standard InChI is InChI=1S/C9H15N3O/c1-7-10-9(13-11-7)8-4-3-5-12(2)6-8/h8H,3-6H2,1-2H3/t8-/m1/s1. The third kappa shape index (κ3) is 1.88. The zero-order valence-electron chi connectivity index (χ0n) is 8.16. The van der Waals surface area contributed by atoms with Gasteiger partial charge in [-0.3, -0.25) is 0 Å². The highest BCUT2D eigenvalue weighted by molar-refractivity contribution is 4.95. The summed E-state index contributed by atoms with van der Waals surface area (Å²) in [5, 5.41) is 3.81. The van der Waals surface area contributed by atoms with Crippen molar-refractivity contribution in [3.63, 3.8) is 0 Å². The Balaban J connectivity index is 2.08. The molecular formula is C9H15N3O. The van der Waals surface area contributed by atoms with Crippen molar-refractivity contribution in [2.45, 2.75) is 25.7 Å². The van der Waals surface area contributed by atoms with Gasteiger partial charge < -0.3 is 9.42 Å². The summed E-state index contributed by atoms with van der Waals surface area (Å²) < 4.78 is 5.16. The molecule has 1 fully saturated rings. The molecule has 0 aromatic carbocycles. The van der Waals surface area contributed by atoms with Crippen LogP contribution in [-0.4, -0.2) is 35.2 Å². The molecule has 1 aromatic heterocycles. The van der Waals surface area contributed by atoms with Gasteiger partial charge in [-0.05, 0) is 33.4 Å².